The van der Waals surface area contributed by atoms with Gasteiger partial charge in [0.25, 0.3) is 0 Å². The summed E-state index contributed by atoms with van der Waals surface area (Å²) in [5, 5.41) is 0. The first-order chi connectivity index (χ1) is 7.29. The summed E-state index contributed by atoms with van der Waals surface area (Å²) < 4.78 is 11.1. The van der Waals surface area contributed by atoms with Crippen molar-refractivity contribution in [3.8, 4) is 0 Å². The smallest absolute Gasteiger partial charge is 0.0685 e. The maximum absolute atomic E-state index is 5.90. The van der Waals surface area contributed by atoms with E-state index in [1.54, 1.807) is 7.11 Å². The van der Waals surface area contributed by atoms with Crippen molar-refractivity contribution < 1.29 is 9.47 Å². The van der Waals surface area contributed by atoms with Gasteiger partial charge in [0, 0.05) is 19.8 Å². The fourth-order valence-corrected chi connectivity index (χ4v) is 2.83. The molecule has 2 aliphatic rings. The lowest BCUT2D eigenvalue weighted by Crippen LogP contribution is -2.52. The molecular formula is C11H22N2O2. The highest BCUT2D eigenvalue weighted by molar-refractivity contribution is 4.96. The van der Waals surface area contributed by atoms with Crippen LogP contribution in [-0.4, -0.2) is 32.0 Å². The fourth-order valence-electron chi connectivity index (χ4n) is 2.83. The summed E-state index contributed by atoms with van der Waals surface area (Å²) >= 11 is 0. The quantitative estimate of drug-likeness (QED) is 0.537. The molecule has 0 aromatic rings. The fraction of sp³-hybridized carbons (Fsp3) is 1.00. The lowest BCUT2D eigenvalue weighted by molar-refractivity contribution is -0.148. The molecule has 1 spiro atoms. The summed E-state index contributed by atoms with van der Waals surface area (Å²) in [6.07, 6.45) is 6.02. The van der Waals surface area contributed by atoms with Gasteiger partial charge in [-0.25, -0.2) is 0 Å². The van der Waals surface area contributed by atoms with E-state index in [2.05, 4.69) is 5.43 Å². The van der Waals surface area contributed by atoms with Gasteiger partial charge in [0.2, 0.25) is 0 Å². The van der Waals surface area contributed by atoms with E-state index in [4.69, 9.17) is 15.3 Å². The maximum Gasteiger partial charge on any atom is 0.0685 e. The Hall–Kier alpha value is -0.160. The van der Waals surface area contributed by atoms with Crippen LogP contribution in [0.4, 0.5) is 0 Å². The molecule has 1 saturated carbocycles. The molecule has 88 valence electrons. The van der Waals surface area contributed by atoms with E-state index in [0.717, 1.165) is 19.4 Å². The predicted molar refractivity (Wildman–Crippen MR) is 58.2 cm³/mol. The van der Waals surface area contributed by atoms with Gasteiger partial charge in [0.05, 0.1) is 12.2 Å². The standard InChI is InChI=1S/C11H22N2O2/c1-14-8-10(13-12)9-3-6-15-11(7-9)4-2-5-11/h9-10,13H,2-8,12H2,1H3. The minimum atomic E-state index is 0.200. The molecule has 1 heterocycles. The molecule has 4 nitrogen and oxygen atoms in total. The molecule has 0 amide bonds. The molecule has 2 unspecified atom stereocenters. The van der Waals surface area contributed by atoms with Crippen molar-refractivity contribution in [2.24, 2.45) is 11.8 Å². The Labute approximate surface area is 91.5 Å². The average Bonchev–Trinajstić information content (AvgIpc) is 2.24. The first-order valence-electron chi connectivity index (χ1n) is 5.89. The minimum Gasteiger partial charge on any atom is -0.383 e. The maximum atomic E-state index is 5.90. The van der Waals surface area contributed by atoms with Gasteiger partial charge in [0.15, 0.2) is 0 Å². The minimum absolute atomic E-state index is 0.200. The van der Waals surface area contributed by atoms with E-state index in [0.29, 0.717) is 12.5 Å². The van der Waals surface area contributed by atoms with Gasteiger partial charge in [-0.15, -0.1) is 0 Å². The summed E-state index contributed by atoms with van der Waals surface area (Å²) in [4.78, 5) is 0. The molecule has 0 aromatic carbocycles. The Morgan fingerprint density at radius 1 is 1.60 bits per heavy atom. The van der Waals surface area contributed by atoms with Crippen LogP contribution >= 0.6 is 0 Å². The molecule has 2 atom stereocenters. The SMILES string of the molecule is COCC(NN)C1CCOC2(CCC2)C1. The number of rotatable bonds is 4. The van der Waals surface area contributed by atoms with Crippen molar-refractivity contribution in [2.45, 2.75) is 43.7 Å². The zero-order valence-corrected chi connectivity index (χ0v) is 9.50. The lowest BCUT2D eigenvalue weighted by Gasteiger charge is -2.48. The van der Waals surface area contributed by atoms with Crippen LogP contribution in [0.25, 0.3) is 0 Å². The number of hydrogen-bond acceptors (Lipinski definition) is 4. The van der Waals surface area contributed by atoms with E-state index >= 15 is 0 Å². The van der Waals surface area contributed by atoms with Gasteiger partial charge in [-0.05, 0) is 38.0 Å². The Morgan fingerprint density at radius 3 is 2.93 bits per heavy atom. The van der Waals surface area contributed by atoms with Gasteiger partial charge in [-0.1, -0.05) is 0 Å². The molecule has 15 heavy (non-hydrogen) atoms. The van der Waals surface area contributed by atoms with Crippen LogP contribution in [0.5, 0.6) is 0 Å². The van der Waals surface area contributed by atoms with Crippen molar-refractivity contribution in [3.63, 3.8) is 0 Å². The molecule has 0 aromatic heterocycles. The molecule has 1 aliphatic carbocycles. The Kier molecular flexibility index (Phi) is 3.61. The van der Waals surface area contributed by atoms with Gasteiger partial charge in [-0.3, -0.25) is 11.3 Å². The first-order valence-corrected chi connectivity index (χ1v) is 5.89. The van der Waals surface area contributed by atoms with Crippen molar-refractivity contribution in [3.05, 3.63) is 0 Å². The first kappa shape index (κ1) is 11.3. The predicted octanol–water partition coefficient (Wildman–Crippen LogP) is 0.814. The third kappa shape index (κ3) is 2.33. The van der Waals surface area contributed by atoms with Gasteiger partial charge < -0.3 is 9.47 Å². The highest BCUT2D eigenvalue weighted by Gasteiger charge is 2.44. The molecule has 1 aliphatic heterocycles. The number of methoxy groups -OCH3 is 1. The highest BCUT2D eigenvalue weighted by atomic mass is 16.5. The molecular weight excluding hydrogens is 192 g/mol. The summed E-state index contributed by atoms with van der Waals surface area (Å²) in [6.45, 7) is 1.57. The van der Waals surface area contributed by atoms with E-state index in [-0.39, 0.29) is 11.6 Å². The average molecular weight is 214 g/mol. The topological polar surface area (TPSA) is 56.5 Å². The third-order valence-electron chi connectivity index (χ3n) is 3.93. The molecule has 0 radical (unpaired) electrons. The van der Waals surface area contributed by atoms with Crippen molar-refractivity contribution in [1.82, 2.24) is 5.43 Å². The van der Waals surface area contributed by atoms with Crippen LogP contribution in [0.2, 0.25) is 0 Å². The molecule has 0 bridgehead atoms. The highest BCUT2D eigenvalue weighted by Crippen LogP contribution is 2.44. The number of ether oxygens (including phenoxy) is 2. The monoisotopic (exact) mass is 214 g/mol. The largest absolute Gasteiger partial charge is 0.383 e. The second kappa shape index (κ2) is 4.78. The zero-order valence-electron chi connectivity index (χ0n) is 9.50. The normalized spacial score (nSPS) is 31.2. The van der Waals surface area contributed by atoms with Crippen LogP contribution < -0.4 is 11.3 Å². The molecule has 1 saturated heterocycles. The summed E-state index contributed by atoms with van der Waals surface area (Å²) in [5.41, 5.74) is 3.08. The second-order valence-electron chi connectivity index (χ2n) is 4.87. The van der Waals surface area contributed by atoms with Crippen LogP contribution in [-0.2, 0) is 9.47 Å². The third-order valence-corrected chi connectivity index (χ3v) is 3.93. The van der Waals surface area contributed by atoms with Crippen LogP contribution in [0.15, 0.2) is 0 Å². The number of hydrogen-bond donors (Lipinski definition) is 2. The molecule has 4 heteroatoms. The summed E-state index contributed by atoms with van der Waals surface area (Å²) in [6, 6.07) is 0.274. The second-order valence-corrected chi connectivity index (χ2v) is 4.87. The van der Waals surface area contributed by atoms with Crippen molar-refractivity contribution in [2.75, 3.05) is 20.3 Å². The number of hydrazine groups is 1. The van der Waals surface area contributed by atoms with Gasteiger partial charge >= 0.3 is 0 Å². The molecule has 2 fully saturated rings. The van der Waals surface area contributed by atoms with Crippen molar-refractivity contribution >= 4 is 0 Å². The van der Waals surface area contributed by atoms with Gasteiger partial charge in [0.1, 0.15) is 0 Å². The van der Waals surface area contributed by atoms with Gasteiger partial charge in [-0.2, -0.15) is 0 Å². The van der Waals surface area contributed by atoms with E-state index in [9.17, 15) is 0 Å². The Balaban J connectivity index is 1.90. The Bertz CT molecular complexity index is 207. The zero-order chi connectivity index (χ0) is 10.7. The van der Waals surface area contributed by atoms with Crippen LogP contribution in [0.1, 0.15) is 32.1 Å². The lowest BCUT2D eigenvalue weighted by atomic mass is 9.70. The molecule has 3 N–H and O–H groups in total. The number of nitrogens with two attached hydrogens (primary N) is 1. The van der Waals surface area contributed by atoms with Crippen LogP contribution in [0.3, 0.4) is 0 Å². The molecule has 2 rings (SSSR count). The Morgan fingerprint density at radius 2 is 2.40 bits per heavy atom. The summed E-state index contributed by atoms with van der Waals surface area (Å²) in [7, 11) is 1.72. The van der Waals surface area contributed by atoms with E-state index < -0.39 is 0 Å². The van der Waals surface area contributed by atoms with E-state index in [1.165, 1.54) is 19.3 Å². The number of nitrogens with one attached hydrogen (secondary N) is 1. The van der Waals surface area contributed by atoms with E-state index in [1.807, 2.05) is 0 Å². The van der Waals surface area contributed by atoms with Crippen LogP contribution in [0, 0.1) is 5.92 Å². The summed E-state index contributed by atoms with van der Waals surface area (Å²) in [5.74, 6) is 6.17. The van der Waals surface area contributed by atoms with Crippen molar-refractivity contribution in [1.29, 1.82) is 0 Å².